The smallest absolute Gasteiger partial charge is 0.00773 e. The Morgan fingerprint density at radius 2 is 0.206 bits per heavy atom. The molecule has 0 amide bonds. The van der Waals surface area contributed by atoms with Crippen LogP contribution in [0.15, 0.2) is 0 Å². The van der Waals surface area contributed by atoms with E-state index in [-0.39, 0.29) is 0 Å². The third kappa shape index (κ3) is 85.7. The summed E-state index contributed by atoms with van der Waals surface area (Å²) < 4.78 is 0. The van der Waals surface area contributed by atoms with Gasteiger partial charge in [-0.15, -0.1) is 0 Å². The van der Waals surface area contributed by atoms with Gasteiger partial charge in [-0.1, -0.05) is 329 Å². The normalized spacial score (nSPS) is 10.9. The molecule has 0 radical (unpaired) electrons. The van der Waals surface area contributed by atoms with Crippen molar-refractivity contribution in [2.75, 3.05) is 26.2 Å². The summed E-state index contributed by atoms with van der Waals surface area (Å²) in [6, 6.07) is 0. The van der Waals surface area contributed by atoms with Crippen molar-refractivity contribution in [3.05, 3.63) is 0 Å². The summed E-state index contributed by atoms with van der Waals surface area (Å²) in [5.41, 5.74) is 21.8. The quantitative estimate of drug-likeness (QED) is 0.0457. The van der Waals surface area contributed by atoms with Gasteiger partial charge in [-0.3, -0.25) is 0 Å². The second-order valence-electron chi connectivity index (χ2n) is 19.8. The van der Waals surface area contributed by atoms with E-state index in [9.17, 15) is 0 Å². The summed E-state index contributed by atoms with van der Waals surface area (Å²) in [5, 5.41) is 0. The summed E-state index contributed by atoms with van der Waals surface area (Å²) >= 11 is 0. The van der Waals surface area contributed by atoms with Crippen LogP contribution in [-0.2, 0) is 0 Å². The topological polar surface area (TPSA) is 104 Å². The van der Waals surface area contributed by atoms with Gasteiger partial charge in [0.1, 0.15) is 0 Å². The Hall–Kier alpha value is -0.160. The minimum atomic E-state index is 0.872. The summed E-state index contributed by atoms with van der Waals surface area (Å²) in [7, 11) is 0. The first-order chi connectivity index (χ1) is 31.2. The number of rotatable bonds is 51. The van der Waals surface area contributed by atoms with Gasteiger partial charge in [-0.25, -0.2) is 0 Å². The average molecular weight is 896 g/mol. The number of nitrogens with two attached hydrogens (primary N) is 4. The molecule has 0 aliphatic heterocycles. The number of hydrogen-bond donors (Lipinski definition) is 4. The van der Waals surface area contributed by atoms with Gasteiger partial charge in [0.15, 0.2) is 0 Å². The Morgan fingerprint density at radius 1 is 0.127 bits per heavy atom. The maximum Gasteiger partial charge on any atom is -0.00773 e. The molecule has 0 aliphatic carbocycles. The van der Waals surface area contributed by atoms with Crippen LogP contribution in [0.3, 0.4) is 0 Å². The van der Waals surface area contributed by atoms with Crippen LogP contribution in [-0.4, -0.2) is 26.2 Å². The fourth-order valence-corrected chi connectivity index (χ4v) is 8.47. The third-order valence-corrected chi connectivity index (χ3v) is 13.0. The van der Waals surface area contributed by atoms with Crippen LogP contribution >= 0.6 is 0 Å². The van der Waals surface area contributed by atoms with E-state index in [1.165, 1.54) is 327 Å². The molecular weight excluding hydrogens is 765 g/mol. The van der Waals surface area contributed by atoms with E-state index in [0.29, 0.717) is 0 Å². The molecule has 0 saturated heterocycles. The van der Waals surface area contributed by atoms with Crippen LogP contribution in [0.2, 0.25) is 0 Å². The lowest BCUT2D eigenvalue weighted by Crippen LogP contribution is -1.97. The molecule has 386 valence electrons. The van der Waals surface area contributed by atoms with Crippen molar-refractivity contribution in [2.24, 2.45) is 22.9 Å². The van der Waals surface area contributed by atoms with E-state index in [0.717, 1.165) is 26.2 Å². The molecule has 0 heterocycles. The molecule has 0 fully saturated rings. The highest BCUT2D eigenvalue weighted by Gasteiger charge is 1.96. The standard InChI is InChI=1S/3C15H33N.C14H31N/c3*1-2-3-4-5-6-7-8-9-10-11-12-13-14-15-16;1-2-3-4-5-6-7-8-9-10-11-12-13-14-15/h3*2-16H2,1H3;2-15H2,1H3. The zero-order valence-electron chi connectivity index (χ0n) is 45.2. The van der Waals surface area contributed by atoms with Crippen LogP contribution in [0.1, 0.15) is 355 Å². The van der Waals surface area contributed by atoms with Crippen LogP contribution in [0.4, 0.5) is 0 Å². The molecule has 0 saturated carbocycles. The molecule has 0 aliphatic rings. The van der Waals surface area contributed by atoms with Crippen LogP contribution in [0.5, 0.6) is 0 Å². The van der Waals surface area contributed by atoms with E-state index in [1.807, 2.05) is 0 Å². The lowest BCUT2D eigenvalue weighted by Gasteiger charge is -2.02. The van der Waals surface area contributed by atoms with Gasteiger partial charge < -0.3 is 22.9 Å². The van der Waals surface area contributed by atoms with E-state index in [4.69, 9.17) is 22.9 Å². The first kappa shape index (κ1) is 69.4. The molecule has 0 rings (SSSR count). The Kier molecular flexibility index (Phi) is 83.9. The third-order valence-electron chi connectivity index (χ3n) is 13.0. The molecule has 0 unspecified atom stereocenters. The van der Waals surface area contributed by atoms with E-state index < -0.39 is 0 Å². The van der Waals surface area contributed by atoms with Gasteiger partial charge in [-0.05, 0) is 51.9 Å². The largest absolute Gasteiger partial charge is 0.330 e. The molecule has 0 aromatic rings. The van der Waals surface area contributed by atoms with E-state index in [2.05, 4.69) is 27.7 Å². The molecule has 0 aromatic carbocycles. The molecule has 0 bridgehead atoms. The van der Waals surface area contributed by atoms with Crippen LogP contribution in [0, 0.1) is 0 Å². The Balaban J connectivity index is -0.000000368. The van der Waals surface area contributed by atoms with Crippen molar-refractivity contribution < 1.29 is 0 Å². The van der Waals surface area contributed by atoms with Crippen LogP contribution < -0.4 is 22.9 Å². The molecule has 8 N–H and O–H groups in total. The Labute approximate surface area is 402 Å². The first-order valence-corrected chi connectivity index (χ1v) is 30.0. The van der Waals surface area contributed by atoms with Crippen molar-refractivity contribution in [2.45, 2.75) is 355 Å². The van der Waals surface area contributed by atoms with Gasteiger partial charge in [0, 0.05) is 0 Å². The molecule has 63 heavy (non-hydrogen) atoms. The minimum absolute atomic E-state index is 0.872. The van der Waals surface area contributed by atoms with Gasteiger partial charge in [0.05, 0.1) is 0 Å². The van der Waals surface area contributed by atoms with Gasteiger partial charge >= 0.3 is 0 Å². The van der Waals surface area contributed by atoms with Crippen LogP contribution in [0.25, 0.3) is 0 Å². The molecule has 4 nitrogen and oxygen atoms in total. The maximum atomic E-state index is 5.46. The van der Waals surface area contributed by atoms with Crippen molar-refractivity contribution in [3.63, 3.8) is 0 Å². The van der Waals surface area contributed by atoms with E-state index >= 15 is 0 Å². The monoisotopic (exact) mass is 895 g/mol. The van der Waals surface area contributed by atoms with E-state index in [1.54, 1.807) is 0 Å². The average Bonchev–Trinajstić information content (AvgIpc) is 3.30. The minimum Gasteiger partial charge on any atom is -0.330 e. The zero-order chi connectivity index (χ0) is 46.9. The van der Waals surface area contributed by atoms with Crippen molar-refractivity contribution in [1.82, 2.24) is 0 Å². The zero-order valence-corrected chi connectivity index (χ0v) is 45.2. The van der Waals surface area contributed by atoms with Gasteiger partial charge in [0.25, 0.3) is 0 Å². The van der Waals surface area contributed by atoms with Crippen molar-refractivity contribution in [1.29, 1.82) is 0 Å². The van der Waals surface area contributed by atoms with Gasteiger partial charge in [0.2, 0.25) is 0 Å². The Bertz CT molecular complexity index is 537. The Morgan fingerprint density at radius 3 is 0.286 bits per heavy atom. The second kappa shape index (κ2) is 76.1. The molecule has 4 heteroatoms. The predicted octanol–water partition coefficient (Wildman–Crippen LogP) is 19.8. The first-order valence-electron chi connectivity index (χ1n) is 30.0. The predicted molar refractivity (Wildman–Crippen MR) is 294 cm³/mol. The summed E-state index contributed by atoms with van der Waals surface area (Å²) in [6.07, 6.45) is 72.1. The lowest BCUT2D eigenvalue weighted by atomic mass is 10.0. The fourth-order valence-electron chi connectivity index (χ4n) is 8.47. The van der Waals surface area contributed by atoms with Gasteiger partial charge in [-0.2, -0.15) is 0 Å². The maximum absolute atomic E-state index is 5.46. The fraction of sp³-hybridized carbons (Fsp3) is 1.00. The highest BCUT2D eigenvalue weighted by molar-refractivity contribution is 4.53. The molecule has 0 atom stereocenters. The summed E-state index contributed by atoms with van der Waals surface area (Å²) in [4.78, 5) is 0. The number of unbranched alkanes of at least 4 members (excludes halogenated alkanes) is 47. The van der Waals surface area contributed by atoms with Crippen molar-refractivity contribution in [3.8, 4) is 0 Å². The molecular formula is C59H130N4. The summed E-state index contributed by atoms with van der Waals surface area (Å²) in [6.45, 7) is 12.6. The number of hydrogen-bond acceptors (Lipinski definition) is 4. The highest BCUT2D eigenvalue weighted by Crippen LogP contribution is 2.15. The lowest BCUT2D eigenvalue weighted by molar-refractivity contribution is 0.540. The SMILES string of the molecule is CCCCCCCCCCCCCCCN.CCCCCCCCCCCCCCCN.CCCCCCCCCCCCCCCN.CCCCCCCCCCCCCCN. The summed E-state index contributed by atoms with van der Waals surface area (Å²) in [5.74, 6) is 0. The molecule has 0 spiro atoms. The molecule has 0 aromatic heterocycles. The second-order valence-corrected chi connectivity index (χ2v) is 19.8. The van der Waals surface area contributed by atoms with Crippen molar-refractivity contribution >= 4 is 0 Å². The highest BCUT2D eigenvalue weighted by atomic mass is 14.5.